The summed E-state index contributed by atoms with van der Waals surface area (Å²) < 4.78 is 14.0. The topological polar surface area (TPSA) is 20.3 Å². The van der Waals surface area contributed by atoms with Crippen LogP contribution in [0.25, 0.3) is 0 Å². The molecule has 1 aliphatic rings. The zero-order valence-corrected chi connectivity index (χ0v) is 13.5. The van der Waals surface area contributed by atoms with Gasteiger partial charge in [0.2, 0.25) is 0 Å². The Bertz CT molecular complexity index is 508. The van der Waals surface area contributed by atoms with Crippen LogP contribution in [0, 0.1) is 5.82 Å². The van der Waals surface area contributed by atoms with E-state index in [1.54, 1.807) is 12.1 Å². The Labute approximate surface area is 131 Å². The molecule has 0 saturated carbocycles. The summed E-state index contributed by atoms with van der Waals surface area (Å²) in [6.07, 6.45) is 3.93. The smallest absolute Gasteiger partial charge is 0.157 e. The molecule has 1 aliphatic heterocycles. The number of carbonyl (C=O) groups excluding carboxylic acids is 1. The number of carbonyl (C=O) groups is 1. The first-order chi connectivity index (χ1) is 10.0. The molecule has 2 rings (SSSR count). The minimum atomic E-state index is -0.463. The van der Waals surface area contributed by atoms with Crippen molar-refractivity contribution in [3.63, 3.8) is 0 Å². The van der Waals surface area contributed by atoms with Crippen LogP contribution in [0.2, 0.25) is 5.02 Å². The lowest BCUT2D eigenvalue weighted by atomic mass is 9.83. The fourth-order valence-corrected chi connectivity index (χ4v) is 3.63. The third kappa shape index (κ3) is 3.14. The summed E-state index contributed by atoms with van der Waals surface area (Å²) in [6, 6.07) is 4.86. The van der Waals surface area contributed by atoms with E-state index in [1.165, 1.54) is 6.07 Å². The Morgan fingerprint density at radius 1 is 1.29 bits per heavy atom. The molecule has 1 aromatic carbocycles. The molecule has 0 bridgehead atoms. The third-order valence-corrected chi connectivity index (χ3v) is 5.07. The van der Waals surface area contributed by atoms with Crippen molar-refractivity contribution in [3.8, 4) is 0 Å². The van der Waals surface area contributed by atoms with E-state index >= 15 is 0 Å². The van der Waals surface area contributed by atoms with Crippen LogP contribution in [0.4, 0.5) is 4.39 Å². The van der Waals surface area contributed by atoms with Gasteiger partial charge >= 0.3 is 0 Å². The Kier molecular flexibility index (Phi) is 5.39. The standard InChI is InChI=1S/C17H23ClFNO/c1-3-17(4-2,20-10-5-6-11-20)15(21)12-13-8-7-9-14(18)16(13)19/h7-9H,3-6,10-12H2,1-2H3. The van der Waals surface area contributed by atoms with Crippen LogP contribution in [0.3, 0.4) is 0 Å². The molecular formula is C17H23ClFNO. The number of Topliss-reactive ketones (excluding diaryl/α,β-unsaturated/α-hetero) is 1. The van der Waals surface area contributed by atoms with Gasteiger partial charge in [-0.05, 0) is 50.4 Å². The van der Waals surface area contributed by atoms with Crippen LogP contribution in [0.1, 0.15) is 45.1 Å². The van der Waals surface area contributed by atoms with Gasteiger partial charge in [0, 0.05) is 6.42 Å². The van der Waals surface area contributed by atoms with Gasteiger partial charge in [0.1, 0.15) is 5.82 Å². The molecule has 2 nitrogen and oxygen atoms in total. The molecule has 0 spiro atoms. The maximum absolute atomic E-state index is 14.0. The molecule has 0 atom stereocenters. The number of nitrogens with zero attached hydrogens (tertiary/aromatic N) is 1. The van der Waals surface area contributed by atoms with E-state index in [1.807, 2.05) is 13.8 Å². The van der Waals surface area contributed by atoms with E-state index in [2.05, 4.69) is 4.90 Å². The highest BCUT2D eigenvalue weighted by molar-refractivity contribution is 6.30. The third-order valence-electron chi connectivity index (χ3n) is 4.78. The number of hydrogen-bond donors (Lipinski definition) is 0. The summed E-state index contributed by atoms with van der Waals surface area (Å²) in [7, 11) is 0. The van der Waals surface area contributed by atoms with Crippen LogP contribution < -0.4 is 0 Å². The molecule has 21 heavy (non-hydrogen) atoms. The van der Waals surface area contributed by atoms with Crippen molar-refractivity contribution in [2.45, 2.75) is 51.5 Å². The van der Waals surface area contributed by atoms with Gasteiger partial charge in [-0.1, -0.05) is 37.6 Å². The summed E-state index contributed by atoms with van der Waals surface area (Å²) in [6.45, 7) is 6.03. The van der Waals surface area contributed by atoms with Crippen molar-refractivity contribution in [1.82, 2.24) is 4.90 Å². The molecule has 0 N–H and O–H groups in total. The summed E-state index contributed by atoms with van der Waals surface area (Å²) in [5.41, 5.74) is -0.0522. The lowest BCUT2D eigenvalue weighted by Gasteiger charge is -2.39. The number of likely N-dealkylation sites (tertiary alicyclic amines) is 1. The van der Waals surface area contributed by atoms with E-state index in [0.717, 1.165) is 38.8 Å². The molecule has 4 heteroatoms. The Balaban J connectivity index is 2.24. The van der Waals surface area contributed by atoms with Gasteiger partial charge in [-0.3, -0.25) is 9.69 Å². The highest BCUT2D eigenvalue weighted by atomic mass is 35.5. The number of halogens is 2. The van der Waals surface area contributed by atoms with Gasteiger partial charge in [0.15, 0.2) is 5.78 Å². The summed E-state index contributed by atoms with van der Waals surface area (Å²) in [4.78, 5) is 15.2. The number of benzene rings is 1. The molecule has 0 unspecified atom stereocenters. The fourth-order valence-electron chi connectivity index (χ4n) is 3.44. The maximum atomic E-state index is 14.0. The SMILES string of the molecule is CCC(CC)(C(=O)Cc1cccc(Cl)c1F)N1CCCC1. The molecule has 1 heterocycles. The second kappa shape index (κ2) is 6.89. The first-order valence-electron chi connectivity index (χ1n) is 7.76. The van der Waals surface area contributed by atoms with Crippen LogP contribution in [-0.4, -0.2) is 29.3 Å². The van der Waals surface area contributed by atoms with E-state index in [4.69, 9.17) is 11.6 Å². The molecule has 116 valence electrons. The van der Waals surface area contributed by atoms with E-state index in [-0.39, 0.29) is 17.2 Å². The van der Waals surface area contributed by atoms with E-state index < -0.39 is 11.4 Å². The quantitative estimate of drug-likeness (QED) is 0.783. The van der Waals surface area contributed by atoms with Gasteiger partial charge in [-0.25, -0.2) is 4.39 Å². The van der Waals surface area contributed by atoms with Crippen LogP contribution in [0.5, 0.6) is 0 Å². The largest absolute Gasteiger partial charge is 0.297 e. The lowest BCUT2D eigenvalue weighted by Crippen LogP contribution is -2.53. The highest BCUT2D eigenvalue weighted by Gasteiger charge is 2.41. The van der Waals surface area contributed by atoms with Gasteiger partial charge in [-0.2, -0.15) is 0 Å². The second-order valence-electron chi connectivity index (χ2n) is 5.75. The lowest BCUT2D eigenvalue weighted by molar-refractivity contribution is -0.130. The molecule has 1 fully saturated rings. The molecule has 0 aliphatic carbocycles. The normalized spacial score (nSPS) is 16.4. The number of rotatable bonds is 6. The molecule has 1 aromatic rings. The molecule has 0 radical (unpaired) electrons. The fraction of sp³-hybridized carbons (Fsp3) is 0.588. The van der Waals surface area contributed by atoms with Crippen molar-refractivity contribution in [2.24, 2.45) is 0 Å². The van der Waals surface area contributed by atoms with Gasteiger partial charge in [0.05, 0.1) is 10.6 Å². The van der Waals surface area contributed by atoms with Crippen molar-refractivity contribution in [1.29, 1.82) is 0 Å². The first kappa shape index (κ1) is 16.4. The highest BCUT2D eigenvalue weighted by Crippen LogP contribution is 2.31. The zero-order valence-electron chi connectivity index (χ0n) is 12.8. The van der Waals surface area contributed by atoms with Crippen LogP contribution in [0.15, 0.2) is 18.2 Å². The second-order valence-corrected chi connectivity index (χ2v) is 6.15. The molecular weight excluding hydrogens is 289 g/mol. The molecule has 0 amide bonds. The van der Waals surface area contributed by atoms with E-state index in [0.29, 0.717) is 5.56 Å². The van der Waals surface area contributed by atoms with Crippen molar-refractivity contribution < 1.29 is 9.18 Å². The Hall–Kier alpha value is -0.930. The van der Waals surface area contributed by atoms with E-state index in [9.17, 15) is 9.18 Å². The van der Waals surface area contributed by atoms with Gasteiger partial charge in [-0.15, -0.1) is 0 Å². The van der Waals surface area contributed by atoms with Crippen molar-refractivity contribution in [3.05, 3.63) is 34.6 Å². The monoisotopic (exact) mass is 311 g/mol. The van der Waals surface area contributed by atoms with Crippen LogP contribution >= 0.6 is 11.6 Å². The minimum absolute atomic E-state index is 0.0834. The predicted octanol–water partition coefficient (Wildman–Crippen LogP) is 4.25. The Morgan fingerprint density at radius 3 is 2.48 bits per heavy atom. The zero-order chi connectivity index (χ0) is 15.5. The average molecular weight is 312 g/mol. The average Bonchev–Trinajstić information content (AvgIpc) is 3.00. The summed E-state index contributed by atoms with van der Waals surface area (Å²) >= 11 is 5.81. The molecule has 0 aromatic heterocycles. The van der Waals surface area contributed by atoms with Crippen molar-refractivity contribution in [2.75, 3.05) is 13.1 Å². The van der Waals surface area contributed by atoms with Gasteiger partial charge < -0.3 is 0 Å². The van der Waals surface area contributed by atoms with Gasteiger partial charge in [0.25, 0.3) is 0 Å². The molecule has 1 saturated heterocycles. The minimum Gasteiger partial charge on any atom is -0.297 e. The Morgan fingerprint density at radius 2 is 1.90 bits per heavy atom. The van der Waals surface area contributed by atoms with Crippen molar-refractivity contribution >= 4 is 17.4 Å². The van der Waals surface area contributed by atoms with Crippen LogP contribution in [-0.2, 0) is 11.2 Å². The first-order valence-corrected chi connectivity index (χ1v) is 8.14. The summed E-state index contributed by atoms with van der Waals surface area (Å²) in [5.74, 6) is -0.356. The summed E-state index contributed by atoms with van der Waals surface area (Å²) in [5, 5.41) is 0.0834. The number of ketones is 1. The number of hydrogen-bond acceptors (Lipinski definition) is 2. The maximum Gasteiger partial charge on any atom is 0.157 e. The predicted molar refractivity (Wildman–Crippen MR) is 84.2 cm³/mol.